The summed E-state index contributed by atoms with van der Waals surface area (Å²) < 4.78 is 15.5. The lowest BCUT2D eigenvalue weighted by Crippen LogP contribution is -2.51. The van der Waals surface area contributed by atoms with E-state index in [0.29, 0.717) is 12.2 Å². The second kappa shape index (κ2) is 8.89. The maximum absolute atomic E-state index is 12.3. The predicted octanol–water partition coefficient (Wildman–Crippen LogP) is 1.76. The van der Waals surface area contributed by atoms with Gasteiger partial charge in [-0.05, 0) is 25.5 Å². The van der Waals surface area contributed by atoms with Gasteiger partial charge in [0.1, 0.15) is 17.9 Å². The molecule has 2 amide bonds. The van der Waals surface area contributed by atoms with Crippen LogP contribution >= 0.6 is 0 Å². The molecule has 1 atom stereocenters. The third-order valence-electron chi connectivity index (χ3n) is 3.82. The number of carbonyl (C=O) groups is 3. The van der Waals surface area contributed by atoms with E-state index >= 15 is 0 Å². The second-order valence-corrected chi connectivity index (χ2v) is 5.45. The molecule has 0 bridgehead atoms. The van der Waals surface area contributed by atoms with E-state index in [9.17, 15) is 14.4 Å². The Morgan fingerprint density at radius 3 is 2.50 bits per heavy atom. The van der Waals surface area contributed by atoms with Crippen LogP contribution in [0.3, 0.4) is 0 Å². The van der Waals surface area contributed by atoms with Crippen molar-refractivity contribution in [2.45, 2.75) is 26.3 Å². The van der Waals surface area contributed by atoms with Gasteiger partial charge in [-0.1, -0.05) is 19.1 Å². The minimum atomic E-state index is -0.626. The minimum absolute atomic E-state index is 0.195. The van der Waals surface area contributed by atoms with Crippen molar-refractivity contribution in [3.8, 4) is 5.75 Å². The number of ether oxygens (including phenoxy) is 3. The van der Waals surface area contributed by atoms with Crippen LogP contribution in [0.1, 0.15) is 30.6 Å². The molecular formula is C18H22N2O6. The highest BCUT2D eigenvalue weighted by molar-refractivity contribution is 5.95. The molecule has 1 aliphatic rings. The summed E-state index contributed by atoms with van der Waals surface area (Å²) in [4.78, 5) is 36.4. The molecular weight excluding hydrogens is 340 g/mol. The fourth-order valence-corrected chi connectivity index (χ4v) is 2.60. The van der Waals surface area contributed by atoms with E-state index in [-0.39, 0.29) is 30.0 Å². The van der Waals surface area contributed by atoms with Gasteiger partial charge in [-0.3, -0.25) is 0 Å². The number of rotatable bonds is 7. The number of urea groups is 1. The molecule has 1 aliphatic heterocycles. The molecule has 0 fully saturated rings. The molecule has 1 aromatic carbocycles. The van der Waals surface area contributed by atoms with E-state index < -0.39 is 24.0 Å². The van der Waals surface area contributed by atoms with Gasteiger partial charge < -0.3 is 24.8 Å². The molecule has 1 aromatic rings. The Kier molecular flexibility index (Phi) is 6.60. The summed E-state index contributed by atoms with van der Waals surface area (Å²) in [5, 5.41) is 5.18. The molecule has 0 saturated heterocycles. The van der Waals surface area contributed by atoms with E-state index in [1.54, 1.807) is 31.2 Å². The number of carbonyl (C=O) groups excluding carboxylic acids is 3. The van der Waals surface area contributed by atoms with Crippen molar-refractivity contribution in [3.63, 3.8) is 0 Å². The smallest absolute Gasteiger partial charge is 0.342 e. The van der Waals surface area contributed by atoms with Crippen molar-refractivity contribution < 1.29 is 28.6 Å². The van der Waals surface area contributed by atoms with Gasteiger partial charge in [0.25, 0.3) is 0 Å². The van der Waals surface area contributed by atoms with Crippen LogP contribution in [0.5, 0.6) is 5.75 Å². The van der Waals surface area contributed by atoms with Gasteiger partial charge in [0.2, 0.25) is 0 Å². The van der Waals surface area contributed by atoms with Gasteiger partial charge in [-0.2, -0.15) is 0 Å². The van der Waals surface area contributed by atoms with Gasteiger partial charge in [0, 0.05) is 0 Å². The Hall–Kier alpha value is -3.03. The summed E-state index contributed by atoms with van der Waals surface area (Å²) in [7, 11) is 1.45. The largest absolute Gasteiger partial charge is 0.496 e. The zero-order chi connectivity index (χ0) is 19.1. The number of benzene rings is 1. The quantitative estimate of drug-likeness (QED) is 0.717. The van der Waals surface area contributed by atoms with Crippen LogP contribution in [0.15, 0.2) is 35.5 Å². The minimum Gasteiger partial charge on any atom is -0.496 e. The Bertz CT molecular complexity index is 728. The van der Waals surface area contributed by atoms with Gasteiger partial charge in [0.05, 0.1) is 31.0 Å². The topological polar surface area (TPSA) is 103 Å². The number of hydrogen-bond acceptors (Lipinski definition) is 6. The standard InChI is InChI=1S/C18H22N2O6/c1-4-12-15(17(22)25-5-2)13(20-18(23)19-12)10-26-16(21)11-8-6-7-9-14(11)24-3/h6-9,12H,4-5,10H2,1-3H3,(H2,19,20,23)/t12-/m1/s1. The first-order chi connectivity index (χ1) is 12.5. The molecule has 2 rings (SSSR count). The summed E-state index contributed by atoms with van der Waals surface area (Å²) in [5.41, 5.74) is 0.713. The zero-order valence-electron chi connectivity index (χ0n) is 15.0. The van der Waals surface area contributed by atoms with Crippen molar-refractivity contribution in [2.75, 3.05) is 20.3 Å². The highest BCUT2D eigenvalue weighted by Gasteiger charge is 2.32. The third-order valence-corrected chi connectivity index (χ3v) is 3.82. The lowest BCUT2D eigenvalue weighted by Gasteiger charge is -2.28. The van der Waals surface area contributed by atoms with Gasteiger partial charge in [0.15, 0.2) is 0 Å². The van der Waals surface area contributed by atoms with Crippen LogP contribution in [0.2, 0.25) is 0 Å². The molecule has 140 valence electrons. The highest BCUT2D eigenvalue weighted by Crippen LogP contribution is 2.20. The number of nitrogens with one attached hydrogen (secondary N) is 2. The lowest BCUT2D eigenvalue weighted by atomic mass is 10.0. The number of para-hydroxylation sites is 1. The molecule has 1 heterocycles. The average Bonchev–Trinajstić information content (AvgIpc) is 2.65. The first kappa shape index (κ1) is 19.3. The Labute approximate surface area is 151 Å². The van der Waals surface area contributed by atoms with E-state index in [2.05, 4.69) is 10.6 Å². The van der Waals surface area contributed by atoms with Crippen LogP contribution in [0.25, 0.3) is 0 Å². The molecule has 8 nitrogen and oxygen atoms in total. The van der Waals surface area contributed by atoms with Gasteiger partial charge >= 0.3 is 18.0 Å². The number of methoxy groups -OCH3 is 1. The molecule has 0 unspecified atom stereocenters. The lowest BCUT2D eigenvalue weighted by molar-refractivity contribution is -0.139. The van der Waals surface area contributed by atoms with E-state index in [1.165, 1.54) is 7.11 Å². The molecule has 0 saturated carbocycles. The summed E-state index contributed by atoms with van der Waals surface area (Å²) in [6, 6.07) is 5.64. The second-order valence-electron chi connectivity index (χ2n) is 5.45. The van der Waals surface area contributed by atoms with Crippen LogP contribution in [0.4, 0.5) is 4.79 Å². The first-order valence-electron chi connectivity index (χ1n) is 8.29. The van der Waals surface area contributed by atoms with E-state index in [0.717, 1.165) is 0 Å². The predicted molar refractivity (Wildman–Crippen MR) is 92.7 cm³/mol. The van der Waals surface area contributed by atoms with Crippen LogP contribution in [-0.2, 0) is 14.3 Å². The zero-order valence-corrected chi connectivity index (χ0v) is 15.0. The van der Waals surface area contributed by atoms with E-state index in [4.69, 9.17) is 14.2 Å². The SMILES string of the molecule is CCOC(=O)C1=C(COC(=O)c2ccccc2OC)NC(=O)N[C@@H]1CC. The monoisotopic (exact) mass is 362 g/mol. The summed E-state index contributed by atoms with van der Waals surface area (Å²) >= 11 is 0. The van der Waals surface area contributed by atoms with E-state index in [1.807, 2.05) is 6.92 Å². The van der Waals surface area contributed by atoms with Gasteiger partial charge in [-0.25, -0.2) is 14.4 Å². The molecule has 8 heteroatoms. The molecule has 0 aromatic heterocycles. The fourth-order valence-electron chi connectivity index (χ4n) is 2.60. The van der Waals surface area contributed by atoms with Crippen molar-refractivity contribution in [2.24, 2.45) is 0 Å². The van der Waals surface area contributed by atoms with Gasteiger partial charge in [-0.15, -0.1) is 0 Å². The molecule has 0 spiro atoms. The van der Waals surface area contributed by atoms with Crippen molar-refractivity contribution in [1.82, 2.24) is 10.6 Å². The van der Waals surface area contributed by atoms with Crippen molar-refractivity contribution in [1.29, 1.82) is 0 Å². The third kappa shape index (κ3) is 4.33. The summed E-state index contributed by atoms with van der Waals surface area (Å²) in [6.07, 6.45) is 0.492. The van der Waals surface area contributed by atoms with Crippen molar-refractivity contribution >= 4 is 18.0 Å². The molecule has 2 N–H and O–H groups in total. The summed E-state index contributed by atoms with van der Waals surface area (Å²) in [6.45, 7) is 3.44. The number of esters is 2. The van der Waals surface area contributed by atoms with Crippen LogP contribution < -0.4 is 15.4 Å². The molecule has 0 radical (unpaired) electrons. The number of hydrogen-bond donors (Lipinski definition) is 2. The van der Waals surface area contributed by atoms with Crippen molar-refractivity contribution in [3.05, 3.63) is 41.1 Å². The maximum Gasteiger partial charge on any atom is 0.342 e. The Morgan fingerprint density at radius 2 is 1.85 bits per heavy atom. The summed E-state index contributed by atoms with van der Waals surface area (Å²) in [5.74, 6) is -0.813. The van der Waals surface area contributed by atoms with Crippen LogP contribution in [-0.4, -0.2) is 44.3 Å². The Morgan fingerprint density at radius 1 is 1.12 bits per heavy atom. The normalized spacial score (nSPS) is 16.4. The molecule has 26 heavy (non-hydrogen) atoms. The Balaban J connectivity index is 2.23. The highest BCUT2D eigenvalue weighted by atomic mass is 16.5. The maximum atomic E-state index is 12.3. The van der Waals surface area contributed by atoms with Crippen LogP contribution in [0, 0.1) is 0 Å². The average molecular weight is 362 g/mol. The molecule has 0 aliphatic carbocycles. The first-order valence-corrected chi connectivity index (χ1v) is 8.29. The number of amides is 2. The fraction of sp³-hybridized carbons (Fsp3) is 0.389.